The number of aromatic nitrogens is 4. The molecule has 0 saturated carbocycles. The molecule has 1 N–H and O–H groups in total. The maximum atomic E-state index is 12.6. The molecule has 0 spiro atoms. The highest BCUT2D eigenvalue weighted by molar-refractivity contribution is 5.94. The number of hydrogen-bond donors (Lipinski definition) is 1. The normalized spacial score (nSPS) is 10.8. The molecule has 124 valence electrons. The lowest BCUT2D eigenvalue weighted by atomic mass is 10.3. The molecule has 3 aromatic heterocycles. The molecule has 7 nitrogen and oxygen atoms in total. The number of nitrogens with zero attached hydrogens (tertiary/aromatic N) is 5. The van der Waals surface area contributed by atoms with Crippen LogP contribution in [0.3, 0.4) is 0 Å². The minimum Gasteiger partial charge on any atom is -0.347 e. The van der Waals surface area contributed by atoms with E-state index in [1.165, 1.54) is 0 Å². The molecule has 0 aliphatic heterocycles. The van der Waals surface area contributed by atoms with Crippen molar-refractivity contribution in [3.8, 4) is 0 Å². The van der Waals surface area contributed by atoms with Crippen molar-refractivity contribution in [2.24, 2.45) is 0 Å². The number of hydrogen-bond acceptors (Lipinski definition) is 5. The van der Waals surface area contributed by atoms with Crippen molar-refractivity contribution >= 4 is 17.5 Å². The van der Waals surface area contributed by atoms with Crippen LogP contribution in [-0.4, -0.2) is 39.4 Å². The zero-order chi connectivity index (χ0) is 17.3. The van der Waals surface area contributed by atoms with Crippen molar-refractivity contribution < 1.29 is 4.79 Å². The highest BCUT2D eigenvalue weighted by Crippen LogP contribution is 2.12. The summed E-state index contributed by atoms with van der Waals surface area (Å²) in [6.07, 6.45) is 1.84. The van der Waals surface area contributed by atoms with Crippen LogP contribution in [0.5, 0.6) is 0 Å². The number of pyridine rings is 1. The maximum absolute atomic E-state index is 12.6. The fourth-order valence-corrected chi connectivity index (χ4v) is 2.55. The molecule has 3 heterocycles. The van der Waals surface area contributed by atoms with Crippen molar-refractivity contribution in [3.05, 3.63) is 53.2 Å². The molecule has 7 heteroatoms. The Labute approximate surface area is 140 Å². The second-order valence-corrected chi connectivity index (χ2v) is 5.85. The SMILES string of the molecule is Cc1cc(CNC(=O)c2c(C)nc3ccccn23)nc(N(C)C)n1. The lowest BCUT2D eigenvalue weighted by Gasteiger charge is -2.12. The number of aryl methyl sites for hydroxylation is 2. The van der Waals surface area contributed by atoms with E-state index >= 15 is 0 Å². The summed E-state index contributed by atoms with van der Waals surface area (Å²) in [5, 5.41) is 2.92. The van der Waals surface area contributed by atoms with E-state index in [0.717, 1.165) is 17.0 Å². The molecule has 0 aliphatic carbocycles. The van der Waals surface area contributed by atoms with Gasteiger partial charge in [-0.05, 0) is 32.0 Å². The van der Waals surface area contributed by atoms with Crippen molar-refractivity contribution in [2.75, 3.05) is 19.0 Å². The monoisotopic (exact) mass is 324 g/mol. The van der Waals surface area contributed by atoms with Gasteiger partial charge < -0.3 is 10.2 Å². The number of carbonyl (C=O) groups is 1. The number of fused-ring (bicyclic) bond motifs is 1. The fourth-order valence-electron chi connectivity index (χ4n) is 2.55. The average Bonchev–Trinajstić information content (AvgIpc) is 2.88. The zero-order valence-corrected chi connectivity index (χ0v) is 14.2. The second kappa shape index (κ2) is 6.27. The third kappa shape index (κ3) is 3.05. The molecule has 0 aromatic carbocycles. The topological polar surface area (TPSA) is 75.4 Å². The molecule has 3 aromatic rings. The number of imidazole rings is 1. The van der Waals surface area contributed by atoms with Crippen LogP contribution in [-0.2, 0) is 6.54 Å². The summed E-state index contributed by atoms with van der Waals surface area (Å²) in [7, 11) is 3.78. The Bertz CT molecular complexity index is 899. The third-order valence-corrected chi connectivity index (χ3v) is 3.64. The lowest BCUT2D eigenvalue weighted by Crippen LogP contribution is -2.26. The molecule has 0 atom stereocenters. The summed E-state index contributed by atoms with van der Waals surface area (Å²) in [6, 6.07) is 7.52. The van der Waals surface area contributed by atoms with Crippen molar-refractivity contribution in [2.45, 2.75) is 20.4 Å². The van der Waals surface area contributed by atoms with E-state index in [0.29, 0.717) is 23.9 Å². The van der Waals surface area contributed by atoms with Crippen LogP contribution in [0.25, 0.3) is 5.65 Å². The van der Waals surface area contributed by atoms with Crippen molar-refractivity contribution in [3.63, 3.8) is 0 Å². The summed E-state index contributed by atoms with van der Waals surface area (Å²) >= 11 is 0. The van der Waals surface area contributed by atoms with Gasteiger partial charge in [0.05, 0.1) is 17.9 Å². The Hall–Kier alpha value is -2.96. The highest BCUT2D eigenvalue weighted by atomic mass is 16.1. The predicted molar refractivity (Wildman–Crippen MR) is 92.2 cm³/mol. The molecule has 0 unspecified atom stereocenters. The minimum absolute atomic E-state index is 0.172. The maximum Gasteiger partial charge on any atom is 0.270 e. The lowest BCUT2D eigenvalue weighted by molar-refractivity contribution is 0.0944. The van der Waals surface area contributed by atoms with Crippen molar-refractivity contribution in [1.82, 2.24) is 24.7 Å². The molecule has 0 saturated heterocycles. The summed E-state index contributed by atoms with van der Waals surface area (Å²) in [4.78, 5) is 27.6. The Morgan fingerprint density at radius 1 is 1.21 bits per heavy atom. The van der Waals surface area contributed by atoms with Gasteiger partial charge in [0, 0.05) is 26.0 Å². The first kappa shape index (κ1) is 15.9. The Morgan fingerprint density at radius 3 is 2.75 bits per heavy atom. The van der Waals surface area contributed by atoms with Crippen LogP contribution in [0.1, 0.15) is 27.6 Å². The molecule has 1 amide bonds. The van der Waals surface area contributed by atoms with Gasteiger partial charge in [-0.15, -0.1) is 0 Å². The first-order valence-electron chi connectivity index (χ1n) is 7.69. The average molecular weight is 324 g/mol. The van der Waals surface area contributed by atoms with E-state index in [9.17, 15) is 4.79 Å². The second-order valence-electron chi connectivity index (χ2n) is 5.85. The number of amides is 1. The van der Waals surface area contributed by atoms with Crippen LogP contribution in [0.15, 0.2) is 30.5 Å². The van der Waals surface area contributed by atoms with Gasteiger partial charge in [0.25, 0.3) is 5.91 Å². The van der Waals surface area contributed by atoms with E-state index in [2.05, 4.69) is 20.3 Å². The number of carbonyl (C=O) groups excluding carboxylic acids is 1. The van der Waals surface area contributed by atoms with Gasteiger partial charge in [0.1, 0.15) is 11.3 Å². The van der Waals surface area contributed by atoms with Gasteiger partial charge in [-0.25, -0.2) is 15.0 Å². The van der Waals surface area contributed by atoms with Gasteiger partial charge in [0.2, 0.25) is 5.95 Å². The van der Waals surface area contributed by atoms with E-state index in [1.807, 2.05) is 63.3 Å². The van der Waals surface area contributed by atoms with Crippen molar-refractivity contribution in [1.29, 1.82) is 0 Å². The quantitative estimate of drug-likeness (QED) is 0.791. The standard InChI is InChI=1S/C17H20N6O/c1-11-9-13(21-17(19-11)22(3)4)10-18-16(24)15-12(2)20-14-7-5-6-8-23(14)15/h5-9H,10H2,1-4H3,(H,18,24). The zero-order valence-electron chi connectivity index (χ0n) is 14.2. The summed E-state index contributed by atoms with van der Waals surface area (Å²) in [6.45, 7) is 4.08. The minimum atomic E-state index is -0.172. The van der Waals surface area contributed by atoms with E-state index < -0.39 is 0 Å². The van der Waals surface area contributed by atoms with Gasteiger partial charge >= 0.3 is 0 Å². The molecule has 0 fully saturated rings. The smallest absolute Gasteiger partial charge is 0.270 e. The molecular formula is C17H20N6O. The van der Waals surface area contributed by atoms with E-state index in [1.54, 1.807) is 4.40 Å². The Kier molecular flexibility index (Phi) is 4.16. The van der Waals surface area contributed by atoms with E-state index in [4.69, 9.17) is 0 Å². The number of anilines is 1. The first-order chi connectivity index (χ1) is 11.5. The van der Waals surface area contributed by atoms with Gasteiger partial charge in [0.15, 0.2) is 0 Å². The summed E-state index contributed by atoms with van der Waals surface area (Å²) in [5.41, 5.74) is 3.64. The van der Waals surface area contributed by atoms with E-state index in [-0.39, 0.29) is 5.91 Å². The van der Waals surface area contributed by atoms with Gasteiger partial charge in [-0.3, -0.25) is 9.20 Å². The van der Waals surface area contributed by atoms with Crippen LogP contribution < -0.4 is 10.2 Å². The summed E-state index contributed by atoms with van der Waals surface area (Å²) < 4.78 is 1.79. The number of nitrogens with one attached hydrogen (secondary N) is 1. The van der Waals surface area contributed by atoms with Gasteiger partial charge in [-0.1, -0.05) is 6.07 Å². The molecule has 0 radical (unpaired) electrons. The molecular weight excluding hydrogens is 304 g/mol. The Balaban J connectivity index is 1.82. The van der Waals surface area contributed by atoms with Crippen LogP contribution in [0.2, 0.25) is 0 Å². The Morgan fingerprint density at radius 2 is 2.00 bits per heavy atom. The molecule has 24 heavy (non-hydrogen) atoms. The fraction of sp³-hybridized carbons (Fsp3) is 0.294. The van der Waals surface area contributed by atoms with Crippen LogP contribution >= 0.6 is 0 Å². The third-order valence-electron chi connectivity index (χ3n) is 3.64. The molecule has 0 aliphatic rings. The largest absolute Gasteiger partial charge is 0.347 e. The number of rotatable bonds is 4. The first-order valence-corrected chi connectivity index (χ1v) is 7.69. The van der Waals surface area contributed by atoms with Crippen LogP contribution in [0.4, 0.5) is 5.95 Å². The van der Waals surface area contributed by atoms with Gasteiger partial charge in [-0.2, -0.15) is 0 Å². The molecule has 3 rings (SSSR count). The van der Waals surface area contributed by atoms with Crippen LogP contribution in [0, 0.1) is 13.8 Å². The predicted octanol–water partition coefficient (Wildman–Crippen LogP) is 1.74. The molecule has 0 bridgehead atoms. The highest BCUT2D eigenvalue weighted by Gasteiger charge is 2.16. The summed E-state index contributed by atoms with van der Waals surface area (Å²) in [5.74, 6) is 0.458.